The van der Waals surface area contributed by atoms with Gasteiger partial charge in [-0.1, -0.05) is 64.1 Å². The van der Waals surface area contributed by atoms with E-state index in [0.29, 0.717) is 110 Å². The van der Waals surface area contributed by atoms with Crippen LogP contribution in [0.2, 0.25) is 0 Å². The molecule has 4 amide bonds. The number of nitrogens with zero attached hydrogens (tertiary/aromatic N) is 9. The van der Waals surface area contributed by atoms with Crippen LogP contribution in [0, 0.1) is 18.3 Å². The number of aromatic nitrogens is 4. The summed E-state index contributed by atoms with van der Waals surface area (Å²) in [4.78, 5) is 67.0. The maximum atomic E-state index is 14.1. The number of piperidine rings is 1. The minimum absolute atomic E-state index is 0.0602. The number of benzene rings is 2. The maximum Gasteiger partial charge on any atom is 0.453 e. The number of carbonyl (C=O) groups is 4. The first kappa shape index (κ1) is 55.3. The van der Waals surface area contributed by atoms with E-state index >= 15 is 0 Å². The molecule has 0 aliphatic carbocycles. The number of alkyl halides is 3. The summed E-state index contributed by atoms with van der Waals surface area (Å²) in [7, 11) is 0. The van der Waals surface area contributed by atoms with Gasteiger partial charge in [0.05, 0.1) is 42.5 Å². The van der Waals surface area contributed by atoms with Crippen molar-refractivity contribution in [3.63, 3.8) is 0 Å². The van der Waals surface area contributed by atoms with Crippen LogP contribution >= 0.6 is 11.3 Å². The zero-order valence-electron chi connectivity index (χ0n) is 43.6. The van der Waals surface area contributed by atoms with Crippen molar-refractivity contribution in [3.8, 4) is 16.2 Å². The van der Waals surface area contributed by atoms with Crippen molar-refractivity contribution in [1.29, 1.82) is 0 Å². The fourth-order valence-electron chi connectivity index (χ4n) is 10.1. The highest BCUT2D eigenvalue weighted by molar-refractivity contribution is 7.13. The molecule has 6 heterocycles. The van der Waals surface area contributed by atoms with Crippen molar-refractivity contribution >= 4 is 40.8 Å². The van der Waals surface area contributed by atoms with Gasteiger partial charge >= 0.3 is 6.18 Å². The largest absolute Gasteiger partial charge is 0.484 e. The molecule has 1 unspecified atom stereocenters. The van der Waals surface area contributed by atoms with Crippen molar-refractivity contribution in [2.45, 2.75) is 104 Å². The summed E-state index contributed by atoms with van der Waals surface area (Å²) < 4.78 is 58.4. The van der Waals surface area contributed by atoms with Crippen molar-refractivity contribution in [2.24, 2.45) is 16.4 Å². The summed E-state index contributed by atoms with van der Waals surface area (Å²) >= 11 is 1.59. The molecule has 4 aliphatic heterocycles. The van der Waals surface area contributed by atoms with Crippen LogP contribution in [0.25, 0.3) is 10.4 Å². The average molecular weight is 1060 g/mol. The van der Waals surface area contributed by atoms with E-state index in [4.69, 9.17) is 14.2 Å². The van der Waals surface area contributed by atoms with Crippen LogP contribution in [-0.4, -0.2) is 166 Å². The van der Waals surface area contributed by atoms with Crippen LogP contribution in [0.1, 0.15) is 94.2 Å². The molecule has 2 N–H and O–H groups in total. The fourth-order valence-corrected chi connectivity index (χ4v) is 10.9. The van der Waals surface area contributed by atoms with Gasteiger partial charge in [-0.2, -0.15) is 22.9 Å². The number of likely N-dealkylation sites (tertiary alicyclic amines) is 2. The number of ether oxygens (including phenoxy) is 3. The Balaban J connectivity index is 0.665. The molecule has 0 saturated carbocycles. The lowest BCUT2D eigenvalue weighted by atomic mass is 9.85. The van der Waals surface area contributed by atoms with Crippen LogP contribution < -0.4 is 15.4 Å². The Morgan fingerprint density at radius 1 is 0.867 bits per heavy atom. The van der Waals surface area contributed by atoms with Gasteiger partial charge in [-0.25, -0.2) is 4.98 Å². The zero-order chi connectivity index (χ0) is 53.3. The van der Waals surface area contributed by atoms with Gasteiger partial charge in [-0.05, 0) is 72.3 Å². The van der Waals surface area contributed by atoms with Crippen molar-refractivity contribution < 1.29 is 46.6 Å². The lowest BCUT2D eigenvalue weighted by molar-refractivity contribution is -0.147. The van der Waals surface area contributed by atoms with Crippen LogP contribution in [0.15, 0.2) is 59.1 Å². The van der Waals surface area contributed by atoms with E-state index in [1.807, 2.05) is 93.6 Å². The second kappa shape index (κ2) is 24.8. The summed E-state index contributed by atoms with van der Waals surface area (Å²) in [6.45, 7) is 16.4. The third-order valence-corrected chi connectivity index (χ3v) is 15.4. The molecule has 3 atom stereocenters. The molecule has 18 nitrogen and oxygen atoms in total. The molecule has 0 spiro atoms. The molecule has 0 radical (unpaired) electrons. The third-order valence-electron chi connectivity index (χ3n) is 14.4. The van der Waals surface area contributed by atoms with Crippen LogP contribution in [0.3, 0.4) is 0 Å². The summed E-state index contributed by atoms with van der Waals surface area (Å²) in [5.41, 5.74) is 5.38. The summed E-state index contributed by atoms with van der Waals surface area (Å²) in [5.74, 6) is -0.0944. The number of rotatable bonds is 19. The predicted molar refractivity (Wildman–Crippen MR) is 276 cm³/mol. The number of thiazole rings is 1. The first-order valence-corrected chi connectivity index (χ1v) is 26.9. The highest BCUT2D eigenvalue weighted by Gasteiger charge is 2.44. The number of amides is 4. The number of aryl methyl sites for hydroxylation is 2. The molecule has 8 rings (SSSR count). The second-order valence-electron chi connectivity index (χ2n) is 21.0. The molecule has 75 heavy (non-hydrogen) atoms. The van der Waals surface area contributed by atoms with E-state index in [-0.39, 0.29) is 60.9 Å². The second-order valence-corrected chi connectivity index (χ2v) is 21.8. The molecule has 0 bridgehead atoms. The molecule has 22 heteroatoms. The third kappa shape index (κ3) is 14.5. The molecule has 4 aromatic rings. The quantitative estimate of drug-likeness (QED) is 0.109. The van der Waals surface area contributed by atoms with E-state index in [1.54, 1.807) is 16.2 Å². The Morgan fingerprint density at radius 2 is 1.57 bits per heavy atom. The molecule has 4 aliphatic rings. The maximum absolute atomic E-state index is 14.1. The average Bonchev–Trinajstić information content (AvgIpc) is 4.15. The van der Waals surface area contributed by atoms with Crippen molar-refractivity contribution in [2.75, 3.05) is 85.4 Å². The monoisotopic (exact) mass is 1060 g/mol. The molecule has 2 aromatic carbocycles. The number of nitrogens with one attached hydrogen (secondary N) is 2. The van der Waals surface area contributed by atoms with Crippen LogP contribution in [0.5, 0.6) is 5.75 Å². The Bertz CT molecular complexity index is 2600. The van der Waals surface area contributed by atoms with E-state index in [2.05, 4.69) is 40.7 Å². The number of carbonyl (C=O) groups excluding carboxylic acids is 4. The van der Waals surface area contributed by atoms with Gasteiger partial charge in [0.1, 0.15) is 23.7 Å². The Hall–Kier alpha value is -5.97. The SMILES string of the molecule is Cc1ncsc1-c1ccc(CNC(=O)[C@@H]2CC(C)CN2C(=O)[C@@H](NC(=O)CCOCCOCCN2CCN(C(=O)COc3ccc(C4CCN(C5=Nn6c(nnc6C(F)(F)F)CC5)CC4)cc3)CC2)C(C)(C)C)cc1. The first-order chi connectivity index (χ1) is 35.9. The lowest BCUT2D eigenvalue weighted by Gasteiger charge is -2.35. The summed E-state index contributed by atoms with van der Waals surface area (Å²) in [6.07, 6.45) is -1.47. The normalized spacial score (nSPS) is 19.1. The van der Waals surface area contributed by atoms with Crippen molar-refractivity contribution in [1.82, 2.24) is 50.1 Å². The van der Waals surface area contributed by atoms with Crippen LogP contribution in [0.4, 0.5) is 13.2 Å². The molecule has 406 valence electrons. The Kier molecular flexibility index (Phi) is 18.3. The van der Waals surface area contributed by atoms with E-state index < -0.39 is 29.5 Å². The van der Waals surface area contributed by atoms with Gasteiger partial charge in [0.15, 0.2) is 12.4 Å². The molecule has 2 aromatic heterocycles. The molecule has 3 saturated heterocycles. The number of halogens is 3. The first-order valence-electron chi connectivity index (χ1n) is 26.0. The lowest BCUT2D eigenvalue weighted by Crippen LogP contribution is -2.57. The smallest absolute Gasteiger partial charge is 0.453 e. The van der Waals surface area contributed by atoms with E-state index in [0.717, 1.165) is 44.8 Å². The minimum atomic E-state index is -4.62. The molecular formula is C53H70F3N11O7S. The number of amidine groups is 1. The number of piperazine rings is 1. The standard InChI is InChI=1S/C53H70F3N11O7S/c1-35-30-42(49(70)57-31-37-6-8-40(9-7-37)47-36(2)58-34-75-47)66(32-35)50(71)48(52(3,4)5)59-45(68)18-26-72-28-29-73-27-25-63-21-23-65(24-22-63)46(69)33-74-41-12-10-38(11-13-41)39-16-19-64(20-17-39)44-15-14-43-60-61-51(53(54,55)56)67(43)62-44/h6-13,34-35,39,42,48H,14-33H2,1-5H3,(H,57,70)(H,59,68)/t35?,42-,48+/m0/s1. The van der Waals surface area contributed by atoms with Crippen LogP contribution in [-0.2, 0) is 47.8 Å². The summed E-state index contributed by atoms with van der Waals surface area (Å²) in [6, 6.07) is 14.4. The Morgan fingerprint density at radius 3 is 2.24 bits per heavy atom. The number of hydrogen-bond donors (Lipinski definition) is 2. The van der Waals surface area contributed by atoms with E-state index in [1.165, 1.54) is 0 Å². The van der Waals surface area contributed by atoms with Gasteiger partial charge in [-0.3, -0.25) is 24.1 Å². The molecule has 3 fully saturated rings. The van der Waals surface area contributed by atoms with E-state index in [9.17, 15) is 32.3 Å². The predicted octanol–water partition coefficient (Wildman–Crippen LogP) is 5.75. The fraction of sp³-hybridized carbons (Fsp3) is 0.585. The van der Waals surface area contributed by atoms with Gasteiger partial charge in [0.2, 0.25) is 17.7 Å². The van der Waals surface area contributed by atoms with Gasteiger partial charge < -0.3 is 39.5 Å². The molecular weight excluding hydrogens is 992 g/mol. The Labute approximate surface area is 440 Å². The number of hydrogen-bond acceptors (Lipinski definition) is 14. The topological polar surface area (TPSA) is 189 Å². The van der Waals surface area contributed by atoms with Crippen molar-refractivity contribution in [3.05, 3.63) is 82.5 Å². The highest BCUT2D eigenvalue weighted by atomic mass is 32.1. The van der Waals surface area contributed by atoms with Gasteiger partial charge in [0, 0.05) is 78.2 Å². The number of fused-ring (bicyclic) bond motifs is 1. The zero-order valence-corrected chi connectivity index (χ0v) is 44.4. The van der Waals surface area contributed by atoms with Gasteiger partial charge in [0.25, 0.3) is 11.7 Å². The van der Waals surface area contributed by atoms with Gasteiger partial charge in [-0.15, -0.1) is 21.5 Å². The summed E-state index contributed by atoms with van der Waals surface area (Å²) in [5, 5.41) is 17.2. The minimum Gasteiger partial charge on any atom is -0.484 e. The highest BCUT2D eigenvalue weighted by Crippen LogP contribution is 2.34.